The SMILES string of the molecule is CCc1nocc1C(=O)N[C@H](C(=O)Nc1ccc(C2=C(C)CN=C2C)cc1)C1c2ccc(F)cc2OCC12CC2. The molecular formula is C31H31FN4O4. The van der Waals surface area contributed by atoms with Crippen LogP contribution in [0.4, 0.5) is 10.1 Å². The van der Waals surface area contributed by atoms with Gasteiger partial charge in [0.15, 0.2) is 0 Å². The van der Waals surface area contributed by atoms with Gasteiger partial charge in [0.1, 0.15) is 29.4 Å². The van der Waals surface area contributed by atoms with Gasteiger partial charge in [-0.3, -0.25) is 14.6 Å². The number of carbonyl (C=O) groups is 2. The molecule has 2 aliphatic heterocycles. The molecule has 0 saturated heterocycles. The predicted octanol–water partition coefficient (Wildman–Crippen LogP) is 5.32. The standard InChI is InChI=1S/C31H31FN4O4/c1-4-24-23(15-40-36-24)29(37)35-28(27-22-10-7-20(32)13-25(22)39-16-31(27)11-12-31)30(38)34-21-8-5-19(6-9-21)26-17(2)14-33-18(26)3/h5-10,13,15,27-28H,4,11-12,14,16H2,1-3H3,(H,34,38)(H,35,37)/t27?,28-/m0/s1. The molecule has 40 heavy (non-hydrogen) atoms. The van der Waals surface area contributed by atoms with Gasteiger partial charge in [-0.25, -0.2) is 4.39 Å². The van der Waals surface area contributed by atoms with Gasteiger partial charge in [0.05, 0.1) is 18.8 Å². The first-order valence-electron chi connectivity index (χ1n) is 13.6. The fraction of sp³-hybridized carbons (Fsp3) is 0.355. The third kappa shape index (κ3) is 4.59. The Morgan fingerprint density at radius 3 is 2.60 bits per heavy atom. The van der Waals surface area contributed by atoms with E-state index in [1.807, 2.05) is 38.1 Å². The number of aryl methyl sites for hydroxylation is 1. The van der Waals surface area contributed by atoms with E-state index >= 15 is 0 Å². The first kappa shape index (κ1) is 26.0. The predicted molar refractivity (Wildman–Crippen MR) is 149 cm³/mol. The van der Waals surface area contributed by atoms with Gasteiger partial charge in [-0.2, -0.15) is 0 Å². The third-order valence-electron chi connectivity index (χ3n) is 8.29. The highest BCUT2D eigenvalue weighted by Crippen LogP contribution is 2.61. The van der Waals surface area contributed by atoms with Crippen molar-refractivity contribution in [1.29, 1.82) is 0 Å². The van der Waals surface area contributed by atoms with E-state index in [0.29, 0.717) is 42.3 Å². The molecule has 3 heterocycles. The van der Waals surface area contributed by atoms with Crippen molar-refractivity contribution >= 4 is 28.8 Å². The number of hydrogen-bond acceptors (Lipinski definition) is 6. The van der Waals surface area contributed by atoms with Crippen LogP contribution in [0, 0.1) is 11.2 Å². The summed E-state index contributed by atoms with van der Waals surface area (Å²) in [7, 11) is 0. The summed E-state index contributed by atoms with van der Waals surface area (Å²) < 4.78 is 25.1. The lowest BCUT2D eigenvalue weighted by atomic mass is 9.75. The monoisotopic (exact) mass is 542 g/mol. The summed E-state index contributed by atoms with van der Waals surface area (Å²) in [6.45, 7) is 7.00. The summed E-state index contributed by atoms with van der Waals surface area (Å²) >= 11 is 0. The molecule has 1 aromatic heterocycles. The van der Waals surface area contributed by atoms with Gasteiger partial charge in [-0.05, 0) is 62.4 Å². The first-order chi connectivity index (χ1) is 19.3. The van der Waals surface area contributed by atoms with Gasteiger partial charge in [0, 0.05) is 39.9 Å². The number of rotatable bonds is 7. The number of nitrogens with one attached hydrogen (secondary N) is 2. The van der Waals surface area contributed by atoms with Crippen molar-refractivity contribution < 1.29 is 23.2 Å². The number of anilines is 1. The highest BCUT2D eigenvalue weighted by molar-refractivity contribution is 6.25. The highest BCUT2D eigenvalue weighted by Gasteiger charge is 2.58. The minimum atomic E-state index is -0.948. The maximum absolute atomic E-state index is 14.1. The van der Waals surface area contributed by atoms with Crippen LogP contribution in [0.5, 0.6) is 5.75 Å². The minimum absolute atomic E-state index is 0.290. The van der Waals surface area contributed by atoms with Crippen molar-refractivity contribution in [2.45, 2.75) is 52.0 Å². The molecule has 1 unspecified atom stereocenters. The van der Waals surface area contributed by atoms with Gasteiger partial charge in [0.2, 0.25) is 5.91 Å². The topological polar surface area (TPSA) is 106 Å². The number of allylic oxidation sites excluding steroid dienone is 1. The Balaban J connectivity index is 1.33. The smallest absolute Gasteiger partial charge is 0.257 e. The van der Waals surface area contributed by atoms with E-state index in [2.05, 4.69) is 27.7 Å². The average Bonchev–Trinajstić information content (AvgIpc) is 3.39. The molecule has 6 rings (SSSR count). The average molecular weight is 543 g/mol. The zero-order chi connectivity index (χ0) is 28.0. The number of benzene rings is 2. The molecule has 1 saturated carbocycles. The number of ether oxygens (including phenoxy) is 1. The fourth-order valence-corrected chi connectivity index (χ4v) is 6.00. The Morgan fingerprint density at radius 1 is 1.15 bits per heavy atom. The summed E-state index contributed by atoms with van der Waals surface area (Å²) in [6, 6.07) is 11.1. The highest BCUT2D eigenvalue weighted by atomic mass is 19.1. The van der Waals surface area contributed by atoms with Crippen LogP contribution in [0.1, 0.15) is 66.7 Å². The molecule has 2 aromatic carbocycles. The van der Waals surface area contributed by atoms with Crippen molar-refractivity contribution in [3.8, 4) is 5.75 Å². The number of amides is 2. The van der Waals surface area contributed by atoms with Crippen LogP contribution in [-0.4, -0.2) is 41.9 Å². The van der Waals surface area contributed by atoms with Crippen LogP contribution < -0.4 is 15.4 Å². The summed E-state index contributed by atoms with van der Waals surface area (Å²) in [6.07, 6.45) is 3.48. The van der Waals surface area contributed by atoms with E-state index in [-0.39, 0.29) is 16.9 Å². The molecule has 206 valence electrons. The Kier molecular flexibility index (Phi) is 6.52. The molecule has 1 fully saturated rings. The summed E-state index contributed by atoms with van der Waals surface area (Å²) in [5.74, 6) is -1.24. The molecule has 3 aliphatic rings. The largest absolute Gasteiger partial charge is 0.493 e. The molecule has 0 radical (unpaired) electrons. The zero-order valence-corrected chi connectivity index (χ0v) is 22.7. The van der Waals surface area contributed by atoms with Gasteiger partial charge in [-0.15, -0.1) is 0 Å². The summed E-state index contributed by atoms with van der Waals surface area (Å²) in [5.41, 5.74) is 6.17. The second-order valence-corrected chi connectivity index (χ2v) is 10.9. The molecular weight excluding hydrogens is 511 g/mol. The Hall–Kier alpha value is -4.27. The number of carbonyl (C=O) groups excluding carboxylic acids is 2. The van der Waals surface area contributed by atoms with Crippen LogP contribution >= 0.6 is 0 Å². The second-order valence-electron chi connectivity index (χ2n) is 10.9. The number of aromatic nitrogens is 1. The molecule has 3 aromatic rings. The van der Waals surface area contributed by atoms with Crippen molar-refractivity contribution in [3.63, 3.8) is 0 Å². The molecule has 2 amide bonds. The molecule has 9 heteroatoms. The van der Waals surface area contributed by atoms with Crippen molar-refractivity contribution in [2.24, 2.45) is 10.4 Å². The number of nitrogens with zero attached hydrogens (tertiary/aromatic N) is 2. The van der Waals surface area contributed by atoms with E-state index in [9.17, 15) is 14.0 Å². The van der Waals surface area contributed by atoms with E-state index in [1.165, 1.54) is 24.0 Å². The number of halogens is 1. The zero-order valence-electron chi connectivity index (χ0n) is 22.7. The van der Waals surface area contributed by atoms with E-state index in [1.54, 1.807) is 6.07 Å². The van der Waals surface area contributed by atoms with Crippen molar-refractivity contribution in [3.05, 3.63) is 82.5 Å². The number of hydrogen-bond donors (Lipinski definition) is 2. The molecule has 2 atom stereocenters. The normalized spacial score (nSPS) is 19.5. The van der Waals surface area contributed by atoms with E-state index < -0.39 is 23.7 Å². The molecule has 0 bridgehead atoms. The van der Waals surface area contributed by atoms with Crippen molar-refractivity contribution in [1.82, 2.24) is 10.5 Å². The van der Waals surface area contributed by atoms with E-state index in [0.717, 1.165) is 29.7 Å². The lowest BCUT2D eigenvalue weighted by molar-refractivity contribution is -0.119. The van der Waals surface area contributed by atoms with Crippen LogP contribution in [0.15, 0.2) is 63.8 Å². The Labute approximate surface area is 231 Å². The fourth-order valence-electron chi connectivity index (χ4n) is 6.00. The number of fused-ring (bicyclic) bond motifs is 1. The van der Waals surface area contributed by atoms with Crippen LogP contribution in [0.25, 0.3) is 5.57 Å². The van der Waals surface area contributed by atoms with Gasteiger partial charge < -0.3 is 19.9 Å². The second kappa shape index (κ2) is 10.0. The van der Waals surface area contributed by atoms with Gasteiger partial charge in [-0.1, -0.05) is 30.3 Å². The lowest BCUT2D eigenvalue weighted by Gasteiger charge is -2.38. The molecule has 1 aliphatic carbocycles. The minimum Gasteiger partial charge on any atom is -0.493 e. The quantitative estimate of drug-likeness (QED) is 0.421. The maximum atomic E-state index is 14.1. The van der Waals surface area contributed by atoms with Crippen LogP contribution in [-0.2, 0) is 11.2 Å². The Bertz CT molecular complexity index is 1550. The van der Waals surface area contributed by atoms with Crippen LogP contribution in [0.2, 0.25) is 0 Å². The van der Waals surface area contributed by atoms with Gasteiger partial charge >= 0.3 is 0 Å². The van der Waals surface area contributed by atoms with Crippen molar-refractivity contribution in [2.75, 3.05) is 18.5 Å². The maximum Gasteiger partial charge on any atom is 0.257 e. The van der Waals surface area contributed by atoms with Gasteiger partial charge in [0.25, 0.3) is 5.91 Å². The first-order valence-corrected chi connectivity index (χ1v) is 13.6. The summed E-state index contributed by atoms with van der Waals surface area (Å²) in [4.78, 5) is 32.0. The molecule has 8 nitrogen and oxygen atoms in total. The molecule has 1 spiro atoms. The number of aliphatic imine (C=N–C) groups is 1. The summed E-state index contributed by atoms with van der Waals surface area (Å²) in [5, 5.41) is 9.91. The lowest BCUT2D eigenvalue weighted by Crippen LogP contribution is -2.52. The molecule has 2 N–H and O–H groups in total. The Morgan fingerprint density at radius 2 is 1.93 bits per heavy atom. The third-order valence-corrected chi connectivity index (χ3v) is 8.29. The van der Waals surface area contributed by atoms with E-state index in [4.69, 9.17) is 9.26 Å². The van der Waals surface area contributed by atoms with Crippen LogP contribution in [0.3, 0.4) is 0 Å².